The summed E-state index contributed by atoms with van der Waals surface area (Å²) in [5.74, 6) is -0.125. The zero-order valence-corrected chi connectivity index (χ0v) is 17.5. The van der Waals surface area contributed by atoms with E-state index in [0.29, 0.717) is 22.8 Å². The molecule has 7 heteroatoms. The zero-order valence-electron chi connectivity index (χ0n) is 17.5. The number of ketones is 3. The van der Waals surface area contributed by atoms with E-state index in [0.717, 1.165) is 25.7 Å². The van der Waals surface area contributed by atoms with Gasteiger partial charge in [-0.2, -0.15) is 0 Å². The molecule has 0 saturated heterocycles. The molecule has 162 valence electrons. The van der Waals surface area contributed by atoms with Gasteiger partial charge in [0.1, 0.15) is 29.8 Å². The van der Waals surface area contributed by atoms with Crippen LogP contribution < -0.4 is 9.47 Å². The zero-order chi connectivity index (χ0) is 22.0. The molecule has 1 heterocycles. The monoisotopic (exact) mass is 424 g/mol. The van der Waals surface area contributed by atoms with E-state index in [-0.39, 0.29) is 35.8 Å². The first-order chi connectivity index (χ1) is 14.9. The second-order valence-corrected chi connectivity index (χ2v) is 7.82. The number of carbonyl (C=O) groups is 3. The van der Waals surface area contributed by atoms with Crippen LogP contribution in [0, 0.1) is 5.92 Å². The van der Waals surface area contributed by atoms with Crippen molar-refractivity contribution in [2.24, 2.45) is 5.92 Å². The summed E-state index contributed by atoms with van der Waals surface area (Å²) in [4.78, 5) is 36.3. The third kappa shape index (κ3) is 4.55. The lowest BCUT2D eigenvalue weighted by molar-refractivity contribution is -0.128. The summed E-state index contributed by atoms with van der Waals surface area (Å²) in [5.41, 5.74) is 0.634. The van der Waals surface area contributed by atoms with Crippen LogP contribution in [0.25, 0.3) is 5.76 Å². The van der Waals surface area contributed by atoms with E-state index < -0.39 is 11.7 Å². The van der Waals surface area contributed by atoms with Crippen LogP contribution in [0.4, 0.5) is 0 Å². The summed E-state index contributed by atoms with van der Waals surface area (Å²) in [5, 5.41) is 0. The minimum atomic E-state index is -1.03. The SMILES string of the molecule is COc1ccc(C2=CC(=O)C3C(=O)C=C(OCC(C)=O)C=C3O2)cc1OC1CCCC1. The Kier molecular flexibility index (Phi) is 5.93. The van der Waals surface area contributed by atoms with Gasteiger partial charge in [0.05, 0.1) is 13.2 Å². The minimum Gasteiger partial charge on any atom is -0.493 e. The average molecular weight is 424 g/mol. The molecule has 0 spiro atoms. The summed E-state index contributed by atoms with van der Waals surface area (Å²) >= 11 is 0. The molecule has 31 heavy (non-hydrogen) atoms. The van der Waals surface area contributed by atoms with E-state index in [1.54, 1.807) is 25.3 Å². The topological polar surface area (TPSA) is 88.1 Å². The predicted octanol–water partition coefficient (Wildman–Crippen LogP) is 3.53. The van der Waals surface area contributed by atoms with Gasteiger partial charge in [-0.05, 0) is 50.8 Å². The summed E-state index contributed by atoms with van der Waals surface area (Å²) in [7, 11) is 1.58. The Hall–Kier alpha value is -3.35. The highest BCUT2D eigenvalue weighted by Gasteiger charge is 2.37. The molecule has 1 aromatic carbocycles. The molecule has 1 aromatic rings. The molecule has 7 nitrogen and oxygen atoms in total. The van der Waals surface area contributed by atoms with Crippen LogP contribution >= 0.6 is 0 Å². The fourth-order valence-electron chi connectivity index (χ4n) is 3.89. The average Bonchev–Trinajstić information content (AvgIpc) is 3.24. The van der Waals surface area contributed by atoms with Gasteiger partial charge in [0.25, 0.3) is 0 Å². The van der Waals surface area contributed by atoms with Crippen molar-refractivity contribution in [3.8, 4) is 11.5 Å². The maximum absolute atomic E-state index is 12.7. The molecule has 4 rings (SSSR count). The number of fused-ring (bicyclic) bond motifs is 1. The number of hydrogen-bond acceptors (Lipinski definition) is 7. The van der Waals surface area contributed by atoms with Crippen molar-refractivity contribution in [1.29, 1.82) is 0 Å². The summed E-state index contributed by atoms with van der Waals surface area (Å²) in [6.07, 6.45) is 8.45. The molecule has 2 aliphatic carbocycles. The van der Waals surface area contributed by atoms with Crippen LogP contribution in [0.15, 0.2) is 47.9 Å². The second-order valence-electron chi connectivity index (χ2n) is 7.82. The van der Waals surface area contributed by atoms with Crippen LogP contribution in [-0.2, 0) is 23.9 Å². The van der Waals surface area contributed by atoms with E-state index in [9.17, 15) is 14.4 Å². The first-order valence-electron chi connectivity index (χ1n) is 10.3. The number of methoxy groups -OCH3 is 1. The molecule has 0 N–H and O–H groups in total. The second kappa shape index (κ2) is 8.79. The number of carbonyl (C=O) groups excluding carboxylic acids is 3. The van der Waals surface area contributed by atoms with Crippen molar-refractivity contribution in [3.63, 3.8) is 0 Å². The summed E-state index contributed by atoms with van der Waals surface area (Å²) in [6, 6.07) is 5.32. The van der Waals surface area contributed by atoms with E-state index in [2.05, 4.69) is 0 Å². The molecular weight excluding hydrogens is 400 g/mol. The Labute approximate surface area is 180 Å². The van der Waals surface area contributed by atoms with Crippen LogP contribution in [0.5, 0.6) is 11.5 Å². The number of benzene rings is 1. The van der Waals surface area contributed by atoms with Gasteiger partial charge in [-0.25, -0.2) is 0 Å². The van der Waals surface area contributed by atoms with Crippen molar-refractivity contribution in [3.05, 3.63) is 53.5 Å². The molecule has 3 aliphatic rings. The van der Waals surface area contributed by atoms with Gasteiger partial charge in [-0.3, -0.25) is 14.4 Å². The van der Waals surface area contributed by atoms with E-state index >= 15 is 0 Å². The van der Waals surface area contributed by atoms with Crippen molar-refractivity contribution in [2.75, 3.05) is 13.7 Å². The maximum atomic E-state index is 12.7. The van der Waals surface area contributed by atoms with Gasteiger partial charge in [-0.15, -0.1) is 0 Å². The normalized spacial score (nSPS) is 20.8. The van der Waals surface area contributed by atoms with Gasteiger partial charge >= 0.3 is 0 Å². The van der Waals surface area contributed by atoms with Gasteiger partial charge < -0.3 is 18.9 Å². The Morgan fingerprint density at radius 1 is 1.06 bits per heavy atom. The largest absolute Gasteiger partial charge is 0.493 e. The van der Waals surface area contributed by atoms with Crippen molar-refractivity contribution < 1.29 is 33.3 Å². The maximum Gasteiger partial charge on any atom is 0.177 e. The van der Waals surface area contributed by atoms with E-state index in [4.69, 9.17) is 18.9 Å². The molecule has 0 bridgehead atoms. The van der Waals surface area contributed by atoms with Crippen molar-refractivity contribution in [2.45, 2.75) is 38.7 Å². The van der Waals surface area contributed by atoms with Crippen molar-refractivity contribution in [1.82, 2.24) is 0 Å². The highest BCUT2D eigenvalue weighted by molar-refractivity contribution is 6.17. The minimum absolute atomic E-state index is 0.140. The molecule has 0 aromatic heterocycles. The fourth-order valence-corrected chi connectivity index (χ4v) is 3.89. The molecule has 1 aliphatic heterocycles. The van der Waals surface area contributed by atoms with E-state index in [1.807, 2.05) is 0 Å². The lowest BCUT2D eigenvalue weighted by atomic mass is 9.89. The van der Waals surface area contributed by atoms with E-state index in [1.165, 1.54) is 25.2 Å². The standard InChI is InChI=1S/C24H24O7/c1-14(25)13-29-17-10-18(26)24-19(27)12-21(31-23(24)11-17)15-7-8-20(28-2)22(9-15)30-16-5-3-4-6-16/h7-12,16,24H,3-6,13H2,1-2H3. The van der Waals surface area contributed by atoms with Gasteiger partial charge in [-0.1, -0.05) is 0 Å². The number of ether oxygens (including phenoxy) is 4. The van der Waals surface area contributed by atoms with Crippen molar-refractivity contribution >= 4 is 23.1 Å². The van der Waals surface area contributed by atoms with Crippen LogP contribution in [-0.4, -0.2) is 37.2 Å². The molecule has 0 amide bonds. The number of Topliss-reactive ketones (excluding diaryl/α,β-unsaturated/α-hetero) is 1. The number of rotatable bonds is 7. The summed E-state index contributed by atoms with van der Waals surface area (Å²) < 4.78 is 22.8. The first-order valence-corrected chi connectivity index (χ1v) is 10.3. The molecule has 1 fully saturated rings. The fraction of sp³-hybridized carbons (Fsp3) is 0.375. The van der Waals surface area contributed by atoms with Crippen LogP contribution in [0.1, 0.15) is 38.2 Å². The Morgan fingerprint density at radius 2 is 1.81 bits per heavy atom. The molecule has 1 saturated carbocycles. The molecule has 0 radical (unpaired) electrons. The third-order valence-corrected chi connectivity index (χ3v) is 5.41. The van der Waals surface area contributed by atoms with Crippen LogP contribution in [0.2, 0.25) is 0 Å². The lowest BCUT2D eigenvalue weighted by Crippen LogP contribution is -2.30. The Balaban J connectivity index is 1.60. The highest BCUT2D eigenvalue weighted by Crippen LogP contribution is 2.38. The first kappa shape index (κ1) is 20.9. The molecule has 1 atom stereocenters. The van der Waals surface area contributed by atoms with Gasteiger partial charge in [0, 0.05) is 23.8 Å². The number of allylic oxidation sites excluding steroid dienone is 4. The Bertz CT molecular complexity index is 1010. The Morgan fingerprint density at radius 3 is 2.52 bits per heavy atom. The quantitative estimate of drug-likeness (QED) is 0.619. The molecular formula is C24H24O7. The highest BCUT2D eigenvalue weighted by atomic mass is 16.5. The third-order valence-electron chi connectivity index (χ3n) is 5.41. The van der Waals surface area contributed by atoms with Crippen LogP contribution in [0.3, 0.4) is 0 Å². The predicted molar refractivity (Wildman–Crippen MR) is 111 cm³/mol. The smallest absolute Gasteiger partial charge is 0.177 e. The summed E-state index contributed by atoms with van der Waals surface area (Å²) in [6.45, 7) is 1.22. The van der Waals surface area contributed by atoms with Gasteiger partial charge in [0.2, 0.25) is 0 Å². The number of hydrogen-bond donors (Lipinski definition) is 0. The lowest BCUT2D eigenvalue weighted by Gasteiger charge is -2.26. The molecule has 1 unspecified atom stereocenters. The van der Waals surface area contributed by atoms with Gasteiger partial charge in [0.15, 0.2) is 28.8 Å².